The first-order chi connectivity index (χ1) is 5.81. The van der Waals surface area contributed by atoms with Crippen molar-refractivity contribution in [3.63, 3.8) is 0 Å². The zero-order chi connectivity index (χ0) is 8.97. The fourth-order valence-electron chi connectivity index (χ4n) is 0.918. The number of ether oxygens (including phenoxy) is 1. The Kier molecular flexibility index (Phi) is 3.25. The minimum Gasteiger partial charge on any atom is -0.497 e. The van der Waals surface area contributed by atoms with Crippen LogP contribution in [0.15, 0.2) is 23.1 Å². The summed E-state index contributed by atoms with van der Waals surface area (Å²) in [7, 11) is 1.65. The standard InChI is InChI=1S/C8H12N2OS/c1-11-6-3-4-7(10-9)8(5-6)12-2/h3-5,10H,9H2,1-2H3. The van der Waals surface area contributed by atoms with Crippen LogP contribution >= 0.6 is 11.8 Å². The Morgan fingerprint density at radius 3 is 2.75 bits per heavy atom. The molecule has 0 spiro atoms. The fourth-order valence-corrected chi connectivity index (χ4v) is 1.50. The van der Waals surface area contributed by atoms with Gasteiger partial charge in [0.15, 0.2) is 0 Å². The van der Waals surface area contributed by atoms with Crippen LogP contribution in [0.3, 0.4) is 0 Å². The van der Waals surface area contributed by atoms with E-state index in [1.54, 1.807) is 18.9 Å². The minimum atomic E-state index is 0.846. The van der Waals surface area contributed by atoms with E-state index in [0.29, 0.717) is 0 Å². The number of methoxy groups -OCH3 is 1. The topological polar surface area (TPSA) is 47.3 Å². The van der Waals surface area contributed by atoms with E-state index in [1.807, 2.05) is 24.5 Å². The molecule has 0 atom stereocenters. The van der Waals surface area contributed by atoms with Crippen LogP contribution < -0.4 is 16.0 Å². The van der Waals surface area contributed by atoms with Crippen molar-refractivity contribution >= 4 is 17.4 Å². The van der Waals surface area contributed by atoms with Crippen molar-refractivity contribution in [3.8, 4) is 5.75 Å². The van der Waals surface area contributed by atoms with Crippen LogP contribution in [0, 0.1) is 0 Å². The van der Waals surface area contributed by atoms with E-state index < -0.39 is 0 Å². The third-order valence-electron chi connectivity index (χ3n) is 1.56. The van der Waals surface area contributed by atoms with Gasteiger partial charge in [0.2, 0.25) is 0 Å². The first-order valence-corrected chi connectivity index (χ1v) is 4.73. The van der Waals surface area contributed by atoms with Gasteiger partial charge in [-0.3, -0.25) is 5.84 Å². The van der Waals surface area contributed by atoms with E-state index in [0.717, 1.165) is 16.3 Å². The molecule has 0 saturated carbocycles. The molecule has 3 N–H and O–H groups in total. The van der Waals surface area contributed by atoms with E-state index in [2.05, 4.69) is 5.43 Å². The predicted octanol–water partition coefficient (Wildman–Crippen LogP) is 1.70. The van der Waals surface area contributed by atoms with E-state index in [-0.39, 0.29) is 0 Å². The summed E-state index contributed by atoms with van der Waals surface area (Å²) in [4.78, 5) is 1.08. The van der Waals surface area contributed by atoms with Crippen molar-refractivity contribution in [1.29, 1.82) is 0 Å². The summed E-state index contributed by atoms with van der Waals surface area (Å²) in [6, 6.07) is 5.71. The van der Waals surface area contributed by atoms with Crippen LogP contribution in [0.25, 0.3) is 0 Å². The lowest BCUT2D eigenvalue weighted by molar-refractivity contribution is 0.414. The molecule has 0 aliphatic rings. The third kappa shape index (κ3) is 1.84. The van der Waals surface area contributed by atoms with Gasteiger partial charge in [-0.2, -0.15) is 0 Å². The Hall–Kier alpha value is -0.870. The molecule has 0 aliphatic carbocycles. The van der Waals surface area contributed by atoms with Crippen molar-refractivity contribution in [2.45, 2.75) is 4.90 Å². The summed E-state index contributed by atoms with van der Waals surface area (Å²) < 4.78 is 5.07. The molecule has 3 nitrogen and oxygen atoms in total. The number of nitrogens with two attached hydrogens (primary N) is 1. The lowest BCUT2D eigenvalue weighted by atomic mass is 10.3. The number of hydrogen-bond donors (Lipinski definition) is 2. The van der Waals surface area contributed by atoms with E-state index >= 15 is 0 Å². The zero-order valence-electron chi connectivity index (χ0n) is 7.13. The molecule has 12 heavy (non-hydrogen) atoms. The molecular weight excluding hydrogens is 172 g/mol. The smallest absolute Gasteiger partial charge is 0.120 e. The van der Waals surface area contributed by atoms with Crippen molar-refractivity contribution in [2.75, 3.05) is 18.8 Å². The van der Waals surface area contributed by atoms with Gasteiger partial charge in [-0.25, -0.2) is 0 Å². The molecule has 0 bridgehead atoms. The molecular formula is C8H12N2OS. The van der Waals surface area contributed by atoms with Gasteiger partial charge in [0.25, 0.3) is 0 Å². The van der Waals surface area contributed by atoms with Gasteiger partial charge in [-0.05, 0) is 24.5 Å². The molecule has 66 valence electrons. The molecule has 0 amide bonds. The molecule has 0 aromatic heterocycles. The third-order valence-corrected chi connectivity index (χ3v) is 2.34. The summed E-state index contributed by atoms with van der Waals surface area (Å²) in [6.45, 7) is 0. The van der Waals surface area contributed by atoms with Crippen molar-refractivity contribution in [2.24, 2.45) is 5.84 Å². The van der Waals surface area contributed by atoms with Gasteiger partial charge < -0.3 is 10.2 Å². The molecule has 1 rings (SSSR count). The second-order valence-corrected chi connectivity index (χ2v) is 3.06. The molecule has 0 radical (unpaired) electrons. The Bertz CT molecular complexity index is 265. The number of hydrazine groups is 1. The number of nitrogen functional groups attached to an aromatic ring is 1. The highest BCUT2D eigenvalue weighted by Gasteiger charge is 2.00. The quantitative estimate of drug-likeness (QED) is 0.426. The number of nitrogens with one attached hydrogen (secondary N) is 1. The van der Waals surface area contributed by atoms with Gasteiger partial charge in [-0.15, -0.1) is 11.8 Å². The molecule has 0 fully saturated rings. The van der Waals surface area contributed by atoms with Gasteiger partial charge >= 0.3 is 0 Å². The lowest BCUT2D eigenvalue weighted by Crippen LogP contribution is -2.07. The first-order valence-electron chi connectivity index (χ1n) is 3.50. The molecule has 0 heterocycles. The van der Waals surface area contributed by atoms with Gasteiger partial charge in [-0.1, -0.05) is 0 Å². The monoisotopic (exact) mass is 184 g/mol. The largest absolute Gasteiger partial charge is 0.497 e. The minimum absolute atomic E-state index is 0.846. The van der Waals surface area contributed by atoms with Crippen LogP contribution in [-0.2, 0) is 0 Å². The summed E-state index contributed by atoms with van der Waals surface area (Å²) >= 11 is 1.63. The van der Waals surface area contributed by atoms with Crippen LogP contribution in [0.2, 0.25) is 0 Å². The van der Waals surface area contributed by atoms with Gasteiger partial charge in [0.1, 0.15) is 5.75 Å². The number of anilines is 1. The number of thioether (sulfide) groups is 1. The van der Waals surface area contributed by atoms with Crippen LogP contribution in [-0.4, -0.2) is 13.4 Å². The number of hydrogen-bond acceptors (Lipinski definition) is 4. The lowest BCUT2D eigenvalue weighted by Gasteiger charge is -2.07. The summed E-state index contributed by atoms with van der Waals surface area (Å²) in [5.41, 5.74) is 3.54. The molecule has 1 aromatic carbocycles. The van der Waals surface area contributed by atoms with Gasteiger partial charge in [0.05, 0.1) is 12.8 Å². The van der Waals surface area contributed by atoms with Crippen molar-refractivity contribution < 1.29 is 4.74 Å². The molecule has 0 aliphatic heterocycles. The van der Waals surface area contributed by atoms with E-state index in [9.17, 15) is 0 Å². The molecule has 4 heteroatoms. The fraction of sp³-hybridized carbons (Fsp3) is 0.250. The second-order valence-electron chi connectivity index (χ2n) is 2.21. The highest BCUT2D eigenvalue weighted by atomic mass is 32.2. The average Bonchev–Trinajstić information content (AvgIpc) is 2.16. The highest BCUT2D eigenvalue weighted by Crippen LogP contribution is 2.28. The van der Waals surface area contributed by atoms with Crippen molar-refractivity contribution in [3.05, 3.63) is 18.2 Å². The van der Waals surface area contributed by atoms with Gasteiger partial charge in [0, 0.05) is 4.90 Å². The Balaban J connectivity index is 3.02. The van der Waals surface area contributed by atoms with Crippen LogP contribution in [0.4, 0.5) is 5.69 Å². The summed E-state index contributed by atoms with van der Waals surface area (Å²) in [6.07, 6.45) is 2.00. The average molecular weight is 184 g/mol. The summed E-state index contributed by atoms with van der Waals surface area (Å²) in [5.74, 6) is 6.16. The summed E-state index contributed by atoms with van der Waals surface area (Å²) in [5, 5.41) is 0. The number of rotatable bonds is 3. The maximum atomic E-state index is 5.31. The number of benzene rings is 1. The zero-order valence-corrected chi connectivity index (χ0v) is 7.94. The predicted molar refractivity (Wildman–Crippen MR) is 52.6 cm³/mol. The SMILES string of the molecule is COc1ccc(NN)c(SC)c1. The Labute approximate surface area is 76.3 Å². The molecule has 0 unspecified atom stereocenters. The second kappa shape index (κ2) is 4.23. The van der Waals surface area contributed by atoms with E-state index in [4.69, 9.17) is 10.6 Å². The molecule has 1 aromatic rings. The first kappa shape index (κ1) is 9.22. The maximum Gasteiger partial charge on any atom is 0.120 e. The maximum absolute atomic E-state index is 5.31. The highest BCUT2D eigenvalue weighted by molar-refractivity contribution is 7.98. The van der Waals surface area contributed by atoms with E-state index in [1.165, 1.54) is 0 Å². The Morgan fingerprint density at radius 1 is 1.50 bits per heavy atom. The van der Waals surface area contributed by atoms with Crippen LogP contribution in [0.1, 0.15) is 0 Å². The van der Waals surface area contributed by atoms with Crippen molar-refractivity contribution in [1.82, 2.24) is 0 Å². The van der Waals surface area contributed by atoms with Crippen LogP contribution in [0.5, 0.6) is 5.75 Å². The Morgan fingerprint density at radius 2 is 2.25 bits per heavy atom. The normalized spacial score (nSPS) is 9.58. The molecule has 0 saturated heterocycles.